The Morgan fingerprint density at radius 2 is 2.17 bits per heavy atom. The van der Waals surface area contributed by atoms with Gasteiger partial charge in [-0.15, -0.1) is 0 Å². The van der Waals surface area contributed by atoms with E-state index in [2.05, 4.69) is 10.5 Å². The number of phenols is 1. The van der Waals surface area contributed by atoms with E-state index < -0.39 is 5.91 Å². The van der Waals surface area contributed by atoms with Gasteiger partial charge in [0.2, 0.25) is 5.88 Å². The van der Waals surface area contributed by atoms with Crippen molar-refractivity contribution < 1.29 is 14.4 Å². The van der Waals surface area contributed by atoms with Gasteiger partial charge in [-0.05, 0) is 32.0 Å². The van der Waals surface area contributed by atoms with Crippen molar-refractivity contribution in [3.63, 3.8) is 0 Å². The minimum atomic E-state index is -0.463. The van der Waals surface area contributed by atoms with Crippen LogP contribution in [0.2, 0.25) is 5.02 Å². The quantitative estimate of drug-likeness (QED) is 0.876. The maximum atomic E-state index is 12.0. The lowest BCUT2D eigenvalue weighted by atomic mass is 10.2. The summed E-state index contributed by atoms with van der Waals surface area (Å²) in [6, 6.07) is 4.14. The van der Waals surface area contributed by atoms with E-state index in [4.69, 9.17) is 16.1 Å². The molecule has 0 fully saturated rings. The maximum Gasteiger partial charge on any atom is 0.259 e. The Labute approximate surface area is 108 Å². The average Bonchev–Trinajstić information content (AvgIpc) is 2.64. The summed E-state index contributed by atoms with van der Waals surface area (Å²) in [5.41, 5.74) is 1.62. The van der Waals surface area contributed by atoms with E-state index in [-0.39, 0.29) is 22.2 Å². The highest BCUT2D eigenvalue weighted by Crippen LogP contribution is 2.23. The monoisotopic (exact) mass is 266 g/mol. The molecule has 0 atom stereocenters. The Balaban J connectivity index is 2.27. The molecule has 0 spiro atoms. The van der Waals surface area contributed by atoms with Crippen molar-refractivity contribution in [1.82, 2.24) is 5.16 Å². The molecule has 0 aliphatic rings. The first kappa shape index (κ1) is 12.4. The third-order valence-corrected chi connectivity index (χ3v) is 2.91. The molecule has 1 aromatic heterocycles. The summed E-state index contributed by atoms with van der Waals surface area (Å²) in [4.78, 5) is 12.0. The Kier molecular flexibility index (Phi) is 3.25. The highest BCUT2D eigenvalue weighted by atomic mass is 35.5. The second kappa shape index (κ2) is 4.70. The molecule has 0 radical (unpaired) electrons. The highest BCUT2D eigenvalue weighted by Gasteiger charge is 2.16. The Bertz CT molecular complexity index is 607. The van der Waals surface area contributed by atoms with Crippen LogP contribution in [0.15, 0.2) is 22.7 Å². The first-order valence-corrected chi connectivity index (χ1v) is 5.59. The highest BCUT2D eigenvalue weighted by molar-refractivity contribution is 6.34. The standard InChI is InChI=1S/C12H11ClN2O3/c1-6-7(2)15-18-12(6)14-11(17)9-5-8(16)3-4-10(9)13/h3-5,16H,1-2H3,(H,14,17). The minimum Gasteiger partial charge on any atom is -0.508 e. The van der Waals surface area contributed by atoms with Crippen molar-refractivity contribution in [2.75, 3.05) is 5.32 Å². The van der Waals surface area contributed by atoms with E-state index in [0.29, 0.717) is 5.69 Å². The van der Waals surface area contributed by atoms with Crippen molar-refractivity contribution in [2.45, 2.75) is 13.8 Å². The number of phenolic OH excluding ortho intramolecular Hbond substituents is 1. The van der Waals surface area contributed by atoms with E-state index in [1.165, 1.54) is 18.2 Å². The Morgan fingerprint density at radius 1 is 1.44 bits per heavy atom. The van der Waals surface area contributed by atoms with Gasteiger partial charge in [0.05, 0.1) is 16.3 Å². The zero-order chi connectivity index (χ0) is 13.3. The number of hydrogen-bond acceptors (Lipinski definition) is 4. The van der Waals surface area contributed by atoms with Gasteiger partial charge in [-0.3, -0.25) is 10.1 Å². The van der Waals surface area contributed by atoms with Crippen LogP contribution in [-0.2, 0) is 0 Å². The van der Waals surface area contributed by atoms with E-state index in [1.807, 2.05) is 0 Å². The average molecular weight is 267 g/mol. The maximum absolute atomic E-state index is 12.0. The fourth-order valence-corrected chi connectivity index (χ4v) is 1.59. The van der Waals surface area contributed by atoms with E-state index >= 15 is 0 Å². The van der Waals surface area contributed by atoms with Crippen molar-refractivity contribution in [3.8, 4) is 5.75 Å². The lowest BCUT2D eigenvalue weighted by Gasteiger charge is -2.05. The molecule has 0 aliphatic heterocycles. The zero-order valence-corrected chi connectivity index (χ0v) is 10.6. The van der Waals surface area contributed by atoms with Crippen LogP contribution in [-0.4, -0.2) is 16.2 Å². The fraction of sp³-hybridized carbons (Fsp3) is 0.167. The summed E-state index contributed by atoms with van der Waals surface area (Å²) < 4.78 is 4.97. The van der Waals surface area contributed by atoms with Crippen molar-refractivity contribution >= 4 is 23.4 Å². The number of nitrogens with one attached hydrogen (secondary N) is 1. The first-order chi connectivity index (χ1) is 8.49. The van der Waals surface area contributed by atoms with Gasteiger partial charge >= 0.3 is 0 Å². The van der Waals surface area contributed by atoms with E-state index in [1.54, 1.807) is 13.8 Å². The van der Waals surface area contributed by atoms with Gasteiger partial charge < -0.3 is 9.63 Å². The molecule has 1 aromatic carbocycles. The number of rotatable bonds is 2. The van der Waals surface area contributed by atoms with Crippen molar-refractivity contribution in [2.24, 2.45) is 0 Å². The molecule has 1 heterocycles. The number of carbonyl (C=O) groups is 1. The molecule has 0 saturated carbocycles. The number of aromatic hydroxyl groups is 1. The van der Waals surface area contributed by atoms with Crippen molar-refractivity contribution in [1.29, 1.82) is 0 Å². The van der Waals surface area contributed by atoms with Gasteiger partial charge in [-0.2, -0.15) is 0 Å². The third kappa shape index (κ3) is 2.31. The molecule has 2 N–H and O–H groups in total. The molecule has 0 saturated heterocycles. The van der Waals surface area contributed by atoms with Crippen LogP contribution in [0.4, 0.5) is 5.88 Å². The summed E-state index contributed by atoms with van der Waals surface area (Å²) in [7, 11) is 0. The predicted molar refractivity (Wildman–Crippen MR) is 67.0 cm³/mol. The fourth-order valence-electron chi connectivity index (χ4n) is 1.39. The summed E-state index contributed by atoms with van der Waals surface area (Å²) in [6.45, 7) is 3.56. The first-order valence-electron chi connectivity index (χ1n) is 5.22. The van der Waals surface area contributed by atoms with Crippen LogP contribution in [0.5, 0.6) is 5.75 Å². The third-order valence-electron chi connectivity index (χ3n) is 2.58. The topological polar surface area (TPSA) is 75.4 Å². The lowest BCUT2D eigenvalue weighted by molar-refractivity contribution is 0.102. The molecule has 2 rings (SSSR count). The molecular formula is C12H11ClN2O3. The minimum absolute atomic E-state index is 0.0324. The smallest absolute Gasteiger partial charge is 0.259 e. The molecule has 94 valence electrons. The van der Waals surface area contributed by atoms with Gasteiger partial charge in [-0.25, -0.2) is 0 Å². The molecule has 6 heteroatoms. The molecule has 2 aromatic rings. The number of hydrogen-bond donors (Lipinski definition) is 2. The van der Waals surface area contributed by atoms with Gasteiger partial charge in [0.25, 0.3) is 5.91 Å². The van der Waals surface area contributed by atoms with Gasteiger partial charge in [0.15, 0.2) is 0 Å². The summed E-state index contributed by atoms with van der Waals surface area (Å²) >= 11 is 5.88. The van der Waals surface area contributed by atoms with Crippen LogP contribution < -0.4 is 5.32 Å². The van der Waals surface area contributed by atoms with E-state index in [0.717, 1.165) is 5.56 Å². The normalized spacial score (nSPS) is 10.4. The number of amides is 1. The summed E-state index contributed by atoms with van der Waals surface area (Å²) in [5, 5.41) is 15.9. The van der Waals surface area contributed by atoms with E-state index in [9.17, 15) is 9.90 Å². The molecule has 1 amide bonds. The second-order valence-electron chi connectivity index (χ2n) is 3.84. The number of anilines is 1. The number of halogens is 1. The van der Waals surface area contributed by atoms with Crippen molar-refractivity contribution in [3.05, 3.63) is 40.0 Å². The number of aryl methyl sites for hydroxylation is 1. The number of carbonyl (C=O) groups excluding carboxylic acids is 1. The number of aromatic nitrogens is 1. The zero-order valence-electron chi connectivity index (χ0n) is 9.82. The predicted octanol–water partition coefficient (Wildman–Crippen LogP) is 2.90. The number of benzene rings is 1. The van der Waals surface area contributed by atoms with Crippen LogP contribution in [0.25, 0.3) is 0 Å². The molecule has 0 aliphatic carbocycles. The molecule has 0 unspecified atom stereocenters. The van der Waals surface area contributed by atoms with Gasteiger partial charge in [0, 0.05) is 5.56 Å². The summed E-state index contributed by atoms with van der Waals surface area (Å²) in [5.74, 6) is -0.220. The van der Waals surface area contributed by atoms with Crippen LogP contribution in [0.1, 0.15) is 21.6 Å². The molecule has 0 bridgehead atoms. The second-order valence-corrected chi connectivity index (χ2v) is 4.25. The molecule has 18 heavy (non-hydrogen) atoms. The van der Waals surface area contributed by atoms with Gasteiger partial charge in [-0.1, -0.05) is 16.8 Å². The van der Waals surface area contributed by atoms with Gasteiger partial charge in [0.1, 0.15) is 5.75 Å². The lowest BCUT2D eigenvalue weighted by Crippen LogP contribution is -2.12. The molecule has 5 nitrogen and oxygen atoms in total. The molecular weight excluding hydrogens is 256 g/mol. The largest absolute Gasteiger partial charge is 0.508 e. The van der Waals surface area contributed by atoms with Crippen LogP contribution in [0.3, 0.4) is 0 Å². The van der Waals surface area contributed by atoms with Crippen LogP contribution in [0, 0.1) is 13.8 Å². The SMILES string of the molecule is Cc1noc(NC(=O)c2cc(O)ccc2Cl)c1C. The summed E-state index contributed by atoms with van der Waals surface area (Å²) in [6.07, 6.45) is 0. The Morgan fingerprint density at radius 3 is 2.78 bits per heavy atom. The van der Waals surface area contributed by atoms with Crippen LogP contribution >= 0.6 is 11.6 Å². The Hall–Kier alpha value is -2.01. The number of nitrogens with zero attached hydrogens (tertiary/aromatic N) is 1.